The van der Waals surface area contributed by atoms with Crippen LogP contribution in [0.4, 0.5) is 0 Å². The first kappa shape index (κ1) is 17.1. The van der Waals surface area contributed by atoms with E-state index >= 15 is 0 Å². The molecule has 0 saturated heterocycles. The first-order chi connectivity index (χ1) is 8.86. The Bertz CT molecular complexity index is 540. The van der Waals surface area contributed by atoms with Crippen LogP contribution >= 0.6 is 34.8 Å². The van der Waals surface area contributed by atoms with E-state index in [-0.39, 0.29) is 20.0 Å². The molecule has 0 atom stereocenters. The van der Waals surface area contributed by atoms with Crippen LogP contribution in [-0.4, -0.2) is 25.8 Å². The topological polar surface area (TPSA) is 37.4 Å². The van der Waals surface area contributed by atoms with Gasteiger partial charge in [-0.2, -0.15) is 4.31 Å². The van der Waals surface area contributed by atoms with E-state index in [9.17, 15) is 8.42 Å². The van der Waals surface area contributed by atoms with Crippen molar-refractivity contribution in [3.63, 3.8) is 0 Å². The van der Waals surface area contributed by atoms with Crippen LogP contribution in [0.15, 0.2) is 17.0 Å². The van der Waals surface area contributed by atoms with E-state index < -0.39 is 10.0 Å². The lowest BCUT2D eigenvalue weighted by molar-refractivity contribution is 0.410. The van der Waals surface area contributed by atoms with Gasteiger partial charge < -0.3 is 0 Å². The molecular formula is C12H16Cl3NO2S. The van der Waals surface area contributed by atoms with E-state index in [1.807, 2.05) is 13.8 Å². The summed E-state index contributed by atoms with van der Waals surface area (Å²) in [6.07, 6.45) is 1.47. The number of halogens is 3. The van der Waals surface area contributed by atoms with Gasteiger partial charge in [-0.05, 0) is 25.0 Å². The molecular weight excluding hydrogens is 329 g/mol. The monoisotopic (exact) mass is 343 g/mol. The molecule has 7 heteroatoms. The van der Waals surface area contributed by atoms with Crippen molar-refractivity contribution in [1.82, 2.24) is 4.31 Å². The van der Waals surface area contributed by atoms with Crippen LogP contribution in [-0.2, 0) is 10.0 Å². The molecule has 0 amide bonds. The largest absolute Gasteiger partial charge is 0.244 e. The smallest absolute Gasteiger partial charge is 0.207 e. The molecule has 108 valence electrons. The first-order valence-corrected chi connectivity index (χ1v) is 8.57. The van der Waals surface area contributed by atoms with Crippen LogP contribution in [0.1, 0.15) is 26.7 Å². The third-order valence-corrected chi connectivity index (χ3v) is 5.91. The first-order valence-electron chi connectivity index (χ1n) is 5.99. The average molecular weight is 345 g/mol. The van der Waals surface area contributed by atoms with Gasteiger partial charge in [0.15, 0.2) is 0 Å². The fourth-order valence-corrected chi connectivity index (χ4v) is 4.27. The van der Waals surface area contributed by atoms with Crippen molar-refractivity contribution in [2.75, 3.05) is 13.1 Å². The number of nitrogens with zero attached hydrogens (tertiary/aromatic N) is 1. The summed E-state index contributed by atoms with van der Waals surface area (Å²) in [7, 11) is -3.64. The van der Waals surface area contributed by atoms with Gasteiger partial charge in [-0.1, -0.05) is 48.7 Å². The molecule has 19 heavy (non-hydrogen) atoms. The molecule has 0 bridgehead atoms. The highest BCUT2D eigenvalue weighted by Gasteiger charge is 2.27. The molecule has 3 nitrogen and oxygen atoms in total. The highest BCUT2D eigenvalue weighted by molar-refractivity contribution is 7.89. The van der Waals surface area contributed by atoms with Gasteiger partial charge in [-0.25, -0.2) is 8.42 Å². The minimum atomic E-state index is -3.64. The predicted molar refractivity (Wildman–Crippen MR) is 80.8 cm³/mol. The fraction of sp³-hybridized carbons (Fsp3) is 0.500. The van der Waals surface area contributed by atoms with E-state index in [0.717, 1.165) is 12.8 Å². The zero-order valence-electron chi connectivity index (χ0n) is 10.8. The van der Waals surface area contributed by atoms with Gasteiger partial charge in [0.05, 0.1) is 15.1 Å². The Morgan fingerprint density at radius 1 is 1.00 bits per heavy atom. The Morgan fingerprint density at radius 2 is 1.53 bits per heavy atom. The highest BCUT2D eigenvalue weighted by Crippen LogP contribution is 2.36. The van der Waals surface area contributed by atoms with Gasteiger partial charge in [0.25, 0.3) is 0 Å². The molecule has 0 N–H and O–H groups in total. The Labute approximate surface area is 129 Å². The third kappa shape index (κ3) is 3.76. The predicted octanol–water partition coefficient (Wildman–Crippen LogP) is 4.46. The molecule has 0 aliphatic carbocycles. The summed E-state index contributed by atoms with van der Waals surface area (Å²) < 4.78 is 26.5. The van der Waals surface area contributed by atoms with E-state index in [1.54, 1.807) is 0 Å². The maximum absolute atomic E-state index is 12.5. The minimum absolute atomic E-state index is 0.00506. The van der Waals surface area contributed by atoms with Crippen LogP contribution < -0.4 is 0 Å². The number of benzene rings is 1. The fourth-order valence-electron chi connectivity index (χ4n) is 1.70. The highest BCUT2D eigenvalue weighted by atomic mass is 35.5. The molecule has 1 rings (SSSR count). The summed E-state index contributed by atoms with van der Waals surface area (Å²) in [5.41, 5.74) is 0. The van der Waals surface area contributed by atoms with Crippen molar-refractivity contribution >= 4 is 44.8 Å². The van der Waals surface area contributed by atoms with E-state index in [0.29, 0.717) is 13.1 Å². The maximum Gasteiger partial charge on any atom is 0.244 e. The van der Waals surface area contributed by atoms with Gasteiger partial charge in [-0.15, -0.1) is 0 Å². The summed E-state index contributed by atoms with van der Waals surface area (Å²) in [6, 6.07) is 2.84. The molecule has 0 fully saturated rings. The molecule has 0 saturated carbocycles. The van der Waals surface area contributed by atoms with E-state index in [4.69, 9.17) is 34.8 Å². The van der Waals surface area contributed by atoms with Gasteiger partial charge in [-0.3, -0.25) is 0 Å². The Balaban J connectivity index is 3.29. The molecule has 0 spiro atoms. The third-order valence-electron chi connectivity index (χ3n) is 2.56. The average Bonchev–Trinajstić information content (AvgIpc) is 2.35. The molecule has 0 aromatic heterocycles. The van der Waals surface area contributed by atoms with Crippen LogP contribution in [0.2, 0.25) is 15.1 Å². The lowest BCUT2D eigenvalue weighted by atomic mass is 10.4. The maximum atomic E-state index is 12.5. The lowest BCUT2D eigenvalue weighted by Gasteiger charge is -2.22. The van der Waals surface area contributed by atoms with Gasteiger partial charge in [0.1, 0.15) is 4.90 Å². The normalized spacial score (nSPS) is 12.1. The Hall–Kier alpha value is -0.000000000000000167. The minimum Gasteiger partial charge on any atom is -0.207 e. The second-order valence-electron chi connectivity index (χ2n) is 4.08. The quantitative estimate of drug-likeness (QED) is 0.715. The lowest BCUT2D eigenvalue weighted by Crippen LogP contribution is -2.32. The van der Waals surface area contributed by atoms with Gasteiger partial charge >= 0.3 is 0 Å². The van der Waals surface area contributed by atoms with Crippen LogP contribution in [0.3, 0.4) is 0 Å². The molecule has 0 radical (unpaired) electrons. The molecule has 1 aromatic rings. The molecule has 0 aliphatic heterocycles. The standard InChI is InChI=1S/C12H16Cl3NO2S/c1-3-7-16(8-4-2)19(17,18)10-6-5-9(13)11(14)12(10)15/h5-6H,3-4,7-8H2,1-2H3. The Morgan fingerprint density at radius 3 is 2.00 bits per heavy atom. The van der Waals surface area contributed by atoms with Crippen molar-refractivity contribution < 1.29 is 8.42 Å². The zero-order chi connectivity index (χ0) is 14.6. The summed E-state index contributed by atoms with van der Waals surface area (Å²) in [5, 5.41) is 0.284. The number of hydrogen-bond donors (Lipinski definition) is 0. The second-order valence-corrected chi connectivity index (χ2v) is 7.15. The zero-order valence-corrected chi connectivity index (χ0v) is 13.9. The van der Waals surface area contributed by atoms with Crippen LogP contribution in [0, 0.1) is 0 Å². The summed E-state index contributed by atoms with van der Waals surface area (Å²) >= 11 is 17.7. The van der Waals surface area contributed by atoms with E-state index in [2.05, 4.69) is 0 Å². The molecule has 1 aromatic carbocycles. The summed E-state index contributed by atoms with van der Waals surface area (Å²) in [5.74, 6) is 0. The van der Waals surface area contributed by atoms with Gasteiger partial charge in [0.2, 0.25) is 10.0 Å². The van der Waals surface area contributed by atoms with Crippen molar-refractivity contribution in [3.05, 3.63) is 27.2 Å². The van der Waals surface area contributed by atoms with Crippen molar-refractivity contribution in [2.24, 2.45) is 0 Å². The van der Waals surface area contributed by atoms with Crippen LogP contribution in [0.25, 0.3) is 0 Å². The second kappa shape index (κ2) is 7.14. The van der Waals surface area contributed by atoms with Gasteiger partial charge in [0, 0.05) is 13.1 Å². The number of rotatable bonds is 6. The Kier molecular flexibility index (Phi) is 6.40. The molecule has 0 aliphatic rings. The van der Waals surface area contributed by atoms with E-state index in [1.165, 1.54) is 16.4 Å². The summed E-state index contributed by atoms with van der Waals surface area (Å²) in [4.78, 5) is 0.00506. The van der Waals surface area contributed by atoms with Crippen LogP contribution in [0.5, 0.6) is 0 Å². The molecule has 0 unspecified atom stereocenters. The number of sulfonamides is 1. The van der Waals surface area contributed by atoms with Crippen molar-refractivity contribution in [3.8, 4) is 0 Å². The molecule has 0 heterocycles. The number of hydrogen-bond acceptors (Lipinski definition) is 2. The summed E-state index contributed by atoms with van der Waals surface area (Å²) in [6.45, 7) is 4.75. The SMILES string of the molecule is CCCN(CCC)S(=O)(=O)c1ccc(Cl)c(Cl)c1Cl. The van der Waals surface area contributed by atoms with Crippen molar-refractivity contribution in [1.29, 1.82) is 0 Å². The van der Waals surface area contributed by atoms with Crippen molar-refractivity contribution in [2.45, 2.75) is 31.6 Å².